The van der Waals surface area contributed by atoms with Crippen molar-refractivity contribution >= 4 is 23.2 Å². The molecule has 0 spiro atoms. The number of benzene rings is 2. The van der Waals surface area contributed by atoms with Gasteiger partial charge in [-0.25, -0.2) is 4.39 Å². The molecule has 0 amide bonds. The third-order valence-corrected chi connectivity index (χ3v) is 5.07. The standard InChI is InChI=1S/C20H23Cl2FN2O2/c21-16-4-5-20(27-14-17-18(22)2-1-3-19(17)23)15(12-16)13-24-6-7-25-8-10-26-11-9-25/h1-5,12,24H,6-11,13-14H2. The molecule has 0 saturated carbocycles. The molecular formula is C20H23Cl2FN2O2. The molecule has 1 aliphatic heterocycles. The number of morpholine rings is 1. The Morgan fingerprint density at radius 1 is 1.15 bits per heavy atom. The van der Waals surface area contributed by atoms with Gasteiger partial charge < -0.3 is 14.8 Å². The van der Waals surface area contributed by atoms with Gasteiger partial charge in [-0.2, -0.15) is 0 Å². The van der Waals surface area contributed by atoms with Crippen molar-refractivity contribution in [1.82, 2.24) is 10.2 Å². The third-order valence-electron chi connectivity index (χ3n) is 4.48. The van der Waals surface area contributed by atoms with E-state index in [1.807, 2.05) is 6.07 Å². The zero-order valence-electron chi connectivity index (χ0n) is 15.0. The summed E-state index contributed by atoms with van der Waals surface area (Å²) in [5, 5.41) is 4.41. The van der Waals surface area contributed by atoms with E-state index >= 15 is 0 Å². The van der Waals surface area contributed by atoms with Crippen molar-refractivity contribution in [3.8, 4) is 5.75 Å². The Balaban J connectivity index is 1.56. The molecule has 27 heavy (non-hydrogen) atoms. The zero-order chi connectivity index (χ0) is 19.1. The Bertz CT molecular complexity index is 735. The summed E-state index contributed by atoms with van der Waals surface area (Å²) in [5.41, 5.74) is 1.28. The van der Waals surface area contributed by atoms with Crippen molar-refractivity contribution in [3.63, 3.8) is 0 Å². The number of nitrogens with one attached hydrogen (secondary N) is 1. The molecule has 3 rings (SSSR count). The molecule has 7 heteroatoms. The van der Waals surface area contributed by atoms with Gasteiger partial charge >= 0.3 is 0 Å². The Hall–Kier alpha value is -1.37. The number of hydrogen-bond acceptors (Lipinski definition) is 4. The van der Waals surface area contributed by atoms with Crippen LogP contribution >= 0.6 is 23.2 Å². The van der Waals surface area contributed by atoms with Gasteiger partial charge in [-0.05, 0) is 30.3 Å². The quantitative estimate of drug-likeness (QED) is 0.660. The van der Waals surface area contributed by atoms with Gasteiger partial charge in [0.15, 0.2) is 0 Å². The molecule has 0 atom stereocenters. The zero-order valence-corrected chi connectivity index (χ0v) is 16.5. The van der Waals surface area contributed by atoms with Crippen LogP contribution in [0.25, 0.3) is 0 Å². The maximum absolute atomic E-state index is 13.9. The monoisotopic (exact) mass is 412 g/mol. The number of hydrogen-bond donors (Lipinski definition) is 1. The first kappa shape index (κ1) is 20.4. The molecule has 146 valence electrons. The Kier molecular flexibility index (Phi) is 7.73. The van der Waals surface area contributed by atoms with Crippen molar-refractivity contribution in [3.05, 3.63) is 63.4 Å². The average Bonchev–Trinajstić information content (AvgIpc) is 2.67. The van der Waals surface area contributed by atoms with Gasteiger partial charge in [-0.1, -0.05) is 29.3 Å². The molecule has 0 unspecified atom stereocenters. The predicted octanol–water partition coefficient (Wildman–Crippen LogP) is 4.13. The summed E-state index contributed by atoms with van der Waals surface area (Å²) in [4.78, 5) is 2.37. The highest BCUT2D eigenvalue weighted by molar-refractivity contribution is 6.31. The van der Waals surface area contributed by atoms with Gasteiger partial charge in [-0.15, -0.1) is 0 Å². The lowest BCUT2D eigenvalue weighted by Crippen LogP contribution is -2.40. The van der Waals surface area contributed by atoms with E-state index in [0.717, 1.165) is 45.0 Å². The molecule has 0 radical (unpaired) electrons. The van der Waals surface area contributed by atoms with Crippen LogP contribution in [-0.4, -0.2) is 44.3 Å². The van der Waals surface area contributed by atoms with E-state index in [1.54, 1.807) is 24.3 Å². The summed E-state index contributed by atoms with van der Waals surface area (Å²) in [6, 6.07) is 10.0. The minimum Gasteiger partial charge on any atom is -0.488 e. The second kappa shape index (κ2) is 10.2. The number of halogens is 3. The SMILES string of the molecule is Fc1cccc(Cl)c1COc1ccc(Cl)cc1CNCCN1CCOCC1. The molecule has 1 N–H and O–H groups in total. The highest BCUT2D eigenvalue weighted by Crippen LogP contribution is 2.26. The fourth-order valence-corrected chi connectivity index (χ4v) is 3.34. The number of nitrogens with zero attached hydrogens (tertiary/aromatic N) is 1. The normalized spacial score (nSPS) is 15.1. The van der Waals surface area contributed by atoms with Gasteiger partial charge in [0.2, 0.25) is 0 Å². The predicted molar refractivity (Wildman–Crippen MR) is 106 cm³/mol. The summed E-state index contributed by atoms with van der Waals surface area (Å²) < 4.78 is 25.1. The van der Waals surface area contributed by atoms with E-state index in [1.165, 1.54) is 6.07 Å². The van der Waals surface area contributed by atoms with Gasteiger partial charge in [0.25, 0.3) is 0 Å². The molecule has 1 heterocycles. The van der Waals surface area contributed by atoms with Crippen LogP contribution in [0.5, 0.6) is 5.75 Å². The molecule has 1 saturated heterocycles. The van der Waals surface area contributed by atoms with Gasteiger partial charge in [-0.3, -0.25) is 4.90 Å². The lowest BCUT2D eigenvalue weighted by molar-refractivity contribution is 0.0384. The van der Waals surface area contributed by atoms with Crippen LogP contribution in [0.4, 0.5) is 4.39 Å². The summed E-state index contributed by atoms with van der Waals surface area (Å²) in [7, 11) is 0. The first-order chi connectivity index (χ1) is 13.1. The van der Waals surface area contributed by atoms with Crippen LogP contribution in [0.1, 0.15) is 11.1 Å². The fraction of sp³-hybridized carbons (Fsp3) is 0.400. The fourth-order valence-electron chi connectivity index (χ4n) is 2.93. The summed E-state index contributed by atoms with van der Waals surface area (Å²) >= 11 is 12.2. The molecule has 0 aliphatic carbocycles. The highest BCUT2D eigenvalue weighted by atomic mass is 35.5. The van der Waals surface area contributed by atoms with Crippen molar-refractivity contribution < 1.29 is 13.9 Å². The first-order valence-corrected chi connectivity index (χ1v) is 9.74. The number of ether oxygens (including phenoxy) is 2. The topological polar surface area (TPSA) is 33.7 Å². The maximum atomic E-state index is 13.9. The van der Waals surface area contributed by atoms with Crippen LogP contribution in [0.3, 0.4) is 0 Å². The van der Waals surface area contributed by atoms with Crippen LogP contribution in [0.2, 0.25) is 10.0 Å². The van der Waals surface area contributed by atoms with E-state index in [4.69, 9.17) is 32.7 Å². The van der Waals surface area contributed by atoms with E-state index < -0.39 is 0 Å². The van der Waals surface area contributed by atoms with Crippen molar-refractivity contribution in [2.24, 2.45) is 0 Å². The lowest BCUT2D eigenvalue weighted by atomic mass is 10.2. The van der Waals surface area contributed by atoms with Crippen molar-refractivity contribution in [1.29, 1.82) is 0 Å². The Morgan fingerprint density at radius 2 is 1.96 bits per heavy atom. The minimum atomic E-state index is -0.373. The molecule has 1 fully saturated rings. The maximum Gasteiger partial charge on any atom is 0.131 e. The number of rotatable bonds is 8. The average molecular weight is 413 g/mol. The summed E-state index contributed by atoms with van der Waals surface area (Å²) in [6.45, 7) is 6.03. The second-order valence-corrected chi connectivity index (χ2v) is 7.22. The van der Waals surface area contributed by atoms with E-state index in [0.29, 0.717) is 27.9 Å². The molecule has 2 aromatic rings. The Labute approximate surface area is 169 Å². The van der Waals surface area contributed by atoms with E-state index in [-0.39, 0.29) is 12.4 Å². The van der Waals surface area contributed by atoms with Gasteiger partial charge in [0.05, 0.1) is 18.2 Å². The van der Waals surface area contributed by atoms with Crippen molar-refractivity contribution in [2.45, 2.75) is 13.2 Å². The van der Waals surface area contributed by atoms with Gasteiger partial charge in [0, 0.05) is 48.9 Å². The molecule has 2 aromatic carbocycles. The Morgan fingerprint density at radius 3 is 2.74 bits per heavy atom. The molecule has 0 bridgehead atoms. The smallest absolute Gasteiger partial charge is 0.131 e. The van der Waals surface area contributed by atoms with Gasteiger partial charge in [0.1, 0.15) is 18.2 Å². The molecular weight excluding hydrogens is 390 g/mol. The van der Waals surface area contributed by atoms with Crippen LogP contribution < -0.4 is 10.1 Å². The van der Waals surface area contributed by atoms with E-state index in [9.17, 15) is 4.39 Å². The highest BCUT2D eigenvalue weighted by Gasteiger charge is 2.12. The largest absolute Gasteiger partial charge is 0.488 e. The molecule has 4 nitrogen and oxygen atoms in total. The summed E-state index contributed by atoms with van der Waals surface area (Å²) in [6.07, 6.45) is 0. The third kappa shape index (κ3) is 6.06. The first-order valence-electron chi connectivity index (χ1n) is 8.98. The lowest BCUT2D eigenvalue weighted by Gasteiger charge is -2.26. The second-order valence-electron chi connectivity index (χ2n) is 6.37. The van der Waals surface area contributed by atoms with Crippen LogP contribution in [0, 0.1) is 5.82 Å². The van der Waals surface area contributed by atoms with E-state index in [2.05, 4.69) is 10.2 Å². The summed E-state index contributed by atoms with van der Waals surface area (Å²) in [5.74, 6) is 0.291. The van der Waals surface area contributed by atoms with Crippen LogP contribution in [0.15, 0.2) is 36.4 Å². The van der Waals surface area contributed by atoms with Crippen LogP contribution in [-0.2, 0) is 17.9 Å². The minimum absolute atomic E-state index is 0.0634. The molecule has 0 aromatic heterocycles. The van der Waals surface area contributed by atoms with Crippen molar-refractivity contribution in [2.75, 3.05) is 39.4 Å². The molecule has 1 aliphatic rings.